The minimum atomic E-state index is -0.807. The molecule has 0 atom stereocenters. The Labute approximate surface area is 169 Å². The Morgan fingerprint density at radius 3 is 2.61 bits per heavy atom. The summed E-state index contributed by atoms with van der Waals surface area (Å²) in [4.78, 5) is 27.7. The highest BCUT2D eigenvalue weighted by Crippen LogP contribution is 2.24. The Bertz CT molecular complexity index is 874. The zero-order valence-corrected chi connectivity index (χ0v) is 16.5. The Morgan fingerprint density at radius 2 is 1.96 bits per heavy atom. The van der Waals surface area contributed by atoms with Crippen LogP contribution in [0.1, 0.15) is 15.9 Å². The van der Waals surface area contributed by atoms with Crippen LogP contribution >= 0.6 is 15.9 Å². The quantitative estimate of drug-likeness (QED) is 0.552. The fourth-order valence-electron chi connectivity index (χ4n) is 2.89. The summed E-state index contributed by atoms with van der Waals surface area (Å²) in [6, 6.07) is 10.8. The number of anilines is 1. The zero-order chi connectivity index (χ0) is 20.1. The first-order chi connectivity index (χ1) is 13.5. The van der Waals surface area contributed by atoms with Crippen molar-refractivity contribution in [3.63, 3.8) is 0 Å². The number of rotatable bonds is 4. The topological polar surface area (TPSA) is 82.1 Å². The van der Waals surface area contributed by atoms with Gasteiger partial charge >= 0.3 is 6.03 Å². The summed E-state index contributed by atoms with van der Waals surface area (Å²) in [5.41, 5.74) is 2.31. The monoisotopic (exact) mass is 451 g/mol. The lowest BCUT2D eigenvalue weighted by atomic mass is 10.1. The van der Waals surface area contributed by atoms with Crippen LogP contribution in [0.5, 0.6) is 0 Å². The van der Waals surface area contributed by atoms with E-state index >= 15 is 0 Å². The number of urea groups is 1. The molecule has 1 saturated heterocycles. The summed E-state index contributed by atoms with van der Waals surface area (Å²) in [5, 5.41) is 8.69. The van der Waals surface area contributed by atoms with E-state index in [0.717, 1.165) is 10.5 Å². The number of nitrogens with one attached hydrogen (secondary N) is 1. The van der Waals surface area contributed by atoms with E-state index in [0.29, 0.717) is 32.0 Å². The van der Waals surface area contributed by atoms with Crippen molar-refractivity contribution in [2.24, 2.45) is 0 Å². The maximum atomic E-state index is 14.6. The first-order valence-electron chi connectivity index (χ1n) is 8.62. The summed E-state index contributed by atoms with van der Waals surface area (Å²) >= 11 is 3.40. The largest absolute Gasteiger partial charge is 0.378 e. The van der Waals surface area contributed by atoms with E-state index in [1.165, 1.54) is 22.5 Å². The zero-order valence-electron chi connectivity index (χ0n) is 14.9. The number of nitrogens with zero attached hydrogens (tertiary/aromatic N) is 2. The molecule has 2 aromatic rings. The number of hydrogen-bond acceptors (Lipinski definition) is 4. The molecule has 148 valence electrons. The smallest absolute Gasteiger partial charge is 0.324 e. The summed E-state index contributed by atoms with van der Waals surface area (Å²) in [7, 11) is 0. The Morgan fingerprint density at radius 1 is 1.21 bits per heavy atom. The van der Waals surface area contributed by atoms with Gasteiger partial charge in [-0.25, -0.2) is 14.7 Å². The first-order valence-corrected chi connectivity index (χ1v) is 9.41. The molecule has 0 radical (unpaired) electrons. The SMILES string of the molecule is O=C(NO)c1ccc(CN(C(=O)N2CCOCC2)c2cccc(Br)c2)c(F)c1. The van der Waals surface area contributed by atoms with Crippen LogP contribution in [0.4, 0.5) is 14.9 Å². The van der Waals surface area contributed by atoms with Crippen molar-refractivity contribution in [3.8, 4) is 0 Å². The molecule has 2 aromatic carbocycles. The number of carbonyl (C=O) groups excluding carboxylic acids is 2. The maximum Gasteiger partial charge on any atom is 0.324 e. The van der Waals surface area contributed by atoms with Crippen LogP contribution in [-0.4, -0.2) is 48.3 Å². The van der Waals surface area contributed by atoms with E-state index in [1.54, 1.807) is 23.1 Å². The van der Waals surface area contributed by atoms with Crippen LogP contribution in [0, 0.1) is 5.82 Å². The lowest BCUT2D eigenvalue weighted by Gasteiger charge is -2.33. The van der Waals surface area contributed by atoms with E-state index in [1.807, 2.05) is 6.07 Å². The second kappa shape index (κ2) is 9.13. The van der Waals surface area contributed by atoms with E-state index in [9.17, 15) is 14.0 Å². The average molecular weight is 452 g/mol. The van der Waals surface area contributed by atoms with Gasteiger partial charge in [0, 0.05) is 34.4 Å². The van der Waals surface area contributed by atoms with Crippen molar-refractivity contribution in [3.05, 3.63) is 63.9 Å². The van der Waals surface area contributed by atoms with Gasteiger partial charge < -0.3 is 9.64 Å². The van der Waals surface area contributed by atoms with Gasteiger partial charge in [-0.1, -0.05) is 28.1 Å². The number of amides is 3. The number of hydroxylamine groups is 1. The summed E-state index contributed by atoms with van der Waals surface area (Å²) in [6.45, 7) is 1.82. The minimum Gasteiger partial charge on any atom is -0.378 e. The molecule has 0 saturated carbocycles. The second-order valence-corrected chi connectivity index (χ2v) is 7.11. The molecule has 2 N–H and O–H groups in total. The normalized spacial score (nSPS) is 13.9. The summed E-state index contributed by atoms with van der Waals surface area (Å²) in [5.74, 6) is -1.45. The van der Waals surface area contributed by atoms with Gasteiger partial charge in [0.05, 0.1) is 19.8 Å². The fourth-order valence-corrected chi connectivity index (χ4v) is 3.28. The van der Waals surface area contributed by atoms with Crippen molar-refractivity contribution in [2.45, 2.75) is 6.54 Å². The molecule has 3 rings (SSSR count). The molecule has 0 bridgehead atoms. The summed E-state index contributed by atoms with van der Waals surface area (Å²) < 4.78 is 20.7. The highest BCUT2D eigenvalue weighted by atomic mass is 79.9. The molecular formula is C19H19BrFN3O4. The Balaban J connectivity index is 1.91. The van der Waals surface area contributed by atoms with Gasteiger partial charge in [-0.15, -0.1) is 0 Å². The van der Waals surface area contributed by atoms with Gasteiger partial charge in [0.15, 0.2) is 0 Å². The van der Waals surface area contributed by atoms with Crippen molar-refractivity contribution in [1.82, 2.24) is 10.4 Å². The van der Waals surface area contributed by atoms with Gasteiger partial charge in [-0.2, -0.15) is 0 Å². The van der Waals surface area contributed by atoms with Gasteiger partial charge in [-0.05, 0) is 30.3 Å². The van der Waals surface area contributed by atoms with Gasteiger partial charge in [-0.3, -0.25) is 14.9 Å². The molecule has 9 heteroatoms. The van der Waals surface area contributed by atoms with Gasteiger partial charge in [0.1, 0.15) is 5.82 Å². The Hall–Kier alpha value is -2.49. The van der Waals surface area contributed by atoms with Crippen LogP contribution in [0.15, 0.2) is 46.9 Å². The highest BCUT2D eigenvalue weighted by Gasteiger charge is 2.25. The van der Waals surface area contributed by atoms with Crippen LogP contribution in [0.3, 0.4) is 0 Å². The number of halogens is 2. The third-order valence-electron chi connectivity index (χ3n) is 4.38. The average Bonchev–Trinajstić information content (AvgIpc) is 2.72. The molecule has 1 fully saturated rings. The van der Waals surface area contributed by atoms with E-state index < -0.39 is 11.7 Å². The first kappa shape index (κ1) is 20.2. The molecular weight excluding hydrogens is 433 g/mol. The number of ether oxygens (including phenoxy) is 1. The maximum absolute atomic E-state index is 14.6. The van der Waals surface area contributed by atoms with E-state index in [2.05, 4.69) is 15.9 Å². The lowest BCUT2D eigenvalue weighted by Crippen LogP contribution is -2.48. The molecule has 1 aliphatic rings. The number of carbonyl (C=O) groups is 2. The third kappa shape index (κ3) is 4.67. The molecule has 7 nitrogen and oxygen atoms in total. The molecule has 1 heterocycles. The molecule has 3 amide bonds. The molecule has 28 heavy (non-hydrogen) atoms. The summed E-state index contributed by atoms with van der Waals surface area (Å²) in [6.07, 6.45) is 0. The van der Waals surface area contributed by atoms with Crippen LogP contribution < -0.4 is 10.4 Å². The predicted molar refractivity (Wildman–Crippen MR) is 104 cm³/mol. The molecule has 1 aliphatic heterocycles. The van der Waals surface area contributed by atoms with Crippen molar-refractivity contribution in [1.29, 1.82) is 0 Å². The van der Waals surface area contributed by atoms with Gasteiger partial charge in [0.2, 0.25) is 0 Å². The van der Waals surface area contributed by atoms with Crippen molar-refractivity contribution < 1.29 is 23.9 Å². The number of hydrogen-bond donors (Lipinski definition) is 2. The fraction of sp³-hybridized carbons (Fsp3) is 0.263. The lowest BCUT2D eigenvalue weighted by molar-refractivity contribution is 0.0548. The number of morpholine rings is 1. The second-order valence-electron chi connectivity index (χ2n) is 6.20. The molecule has 0 aromatic heterocycles. The van der Waals surface area contributed by atoms with Crippen LogP contribution in [0.25, 0.3) is 0 Å². The van der Waals surface area contributed by atoms with Crippen molar-refractivity contribution >= 4 is 33.6 Å². The predicted octanol–water partition coefficient (Wildman–Crippen LogP) is 3.17. The van der Waals surface area contributed by atoms with Gasteiger partial charge in [0.25, 0.3) is 5.91 Å². The number of benzene rings is 2. The molecule has 0 aliphatic carbocycles. The van der Waals surface area contributed by atoms with Crippen LogP contribution in [0.2, 0.25) is 0 Å². The van der Waals surface area contributed by atoms with E-state index in [4.69, 9.17) is 9.94 Å². The Kier molecular flexibility index (Phi) is 6.61. The highest BCUT2D eigenvalue weighted by molar-refractivity contribution is 9.10. The standard InChI is InChI=1S/C19H19BrFN3O4/c20-15-2-1-3-16(11-15)24(19(26)23-6-8-28-9-7-23)12-14-5-4-13(10-17(14)21)18(25)22-27/h1-5,10-11,27H,6-9,12H2,(H,22,25). The minimum absolute atomic E-state index is 0.0144. The molecule has 0 unspecified atom stereocenters. The third-order valence-corrected chi connectivity index (χ3v) is 4.87. The van der Waals surface area contributed by atoms with E-state index in [-0.39, 0.29) is 23.7 Å². The van der Waals surface area contributed by atoms with Crippen LogP contribution in [-0.2, 0) is 11.3 Å². The molecule has 0 spiro atoms. The van der Waals surface area contributed by atoms with Crippen molar-refractivity contribution in [2.75, 3.05) is 31.2 Å².